The zero-order valence-electron chi connectivity index (χ0n) is 14.8. The third kappa shape index (κ3) is 4.40. The Kier molecular flexibility index (Phi) is 5.59. The second-order valence-corrected chi connectivity index (χ2v) is 6.67. The molecule has 0 bridgehead atoms. The normalized spacial score (nSPS) is 12.9. The maximum atomic E-state index is 14.2. The van der Waals surface area contributed by atoms with Crippen LogP contribution >= 0.6 is 11.6 Å². The van der Waals surface area contributed by atoms with Crippen molar-refractivity contribution in [3.63, 3.8) is 0 Å². The van der Waals surface area contributed by atoms with Gasteiger partial charge in [0.15, 0.2) is 5.82 Å². The summed E-state index contributed by atoms with van der Waals surface area (Å²) < 4.78 is 107. The van der Waals surface area contributed by atoms with Crippen molar-refractivity contribution >= 4 is 11.6 Å². The fourth-order valence-electron chi connectivity index (χ4n) is 2.67. The van der Waals surface area contributed by atoms with E-state index in [1.807, 2.05) is 4.98 Å². The number of H-pyrrole nitrogens is 2. The van der Waals surface area contributed by atoms with Crippen LogP contribution in [-0.4, -0.2) is 26.3 Å². The lowest BCUT2D eigenvalue weighted by Crippen LogP contribution is -2.38. The van der Waals surface area contributed by atoms with E-state index < -0.39 is 57.9 Å². The molecule has 0 amide bonds. The largest absolute Gasteiger partial charge is 0.459 e. The molecule has 0 saturated carbocycles. The van der Waals surface area contributed by atoms with Gasteiger partial charge in [-0.05, 0) is 23.8 Å². The Morgan fingerprint density at radius 1 is 1.00 bits per heavy atom. The van der Waals surface area contributed by atoms with Gasteiger partial charge in [0.05, 0.1) is 10.6 Å². The van der Waals surface area contributed by atoms with E-state index >= 15 is 0 Å². The third-order valence-electron chi connectivity index (χ3n) is 4.13. The highest BCUT2D eigenvalue weighted by atomic mass is 35.5. The molecule has 0 radical (unpaired) electrons. The van der Waals surface area contributed by atoms with Crippen LogP contribution in [0.4, 0.5) is 35.1 Å². The molecule has 0 atom stereocenters. The van der Waals surface area contributed by atoms with Crippen molar-refractivity contribution in [2.24, 2.45) is 0 Å². The zero-order valence-corrected chi connectivity index (χ0v) is 15.6. The number of hydrogen-bond donors (Lipinski definition) is 2. The smallest absolute Gasteiger partial charge is 0.305 e. The Labute approximate surface area is 172 Å². The van der Waals surface area contributed by atoms with Crippen LogP contribution in [-0.2, 0) is 18.5 Å². The van der Waals surface area contributed by atoms with Gasteiger partial charge < -0.3 is 4.98 Å². The van der Waals surface area contributed by atoms with E-state index in [2.05, 4.69) is 15.2 Å². The maximum absolute atomic E-state index is 14.2. The summed E-state index contributed by atoms with van der Waals surface area (Å²) in [7, 11) is 0. The number of aromatic nitrogens is 4. The van der Waals surface area contributed by atoms with E-state index in [1.54, 1.807) is 0 Å². The van der Waals surface area contributed by atoms with Crippen LogP contribution < -0.4 is 5.56 Å². The van der Waals surface area contributed by atoms with Crippen molar-refractivity contribution in [2.45, 2.75) is 24.7 Å². The quantitative estimate of drug-likeness (QED) is 0.520. The van der Waals surface area contributed by atoms with Gasteiger partial charge in [-0.15, -0.1) is 0 Å². The third-order valence-corrected chi connectivity index (χ3v) is 4.46. The minimum absolute atomic E-state index is 0.228. The number of hydrogen-bond acceptors (Lipinski definition) is 3. The van der Waals surface area contributed by atoms with Gasteiger partial charge in [-0.3, -0.25) is 9.89 Å². The highest BCUT2D eigenvalue weighted by molar-refractivity contribution is 6.31. The van der Waals surface area contributed by atoms with Crippen molar-refractivity contribution in [1.82, 2.24) is 20.2 Å². The summed E-state index contributed by atoms with van der Waals surface area (Å²) >= 11 is 5.48. The second-order valence-electron chi connectivity index (χ2n) is 6.26. The van der Waals surface area contributed by atoms with Crippen molar-refractivity contribution in [3.8, 4) is 11.5 Å². The molecule has 31 heavy (non-hydrogen) atoms. The lowest BCUT2D eigenvalue weighted by atomic mass is 9.99. The molecule has 0 unspecified atom stereocenters. The van der Waals surface area contributed by atoms with Gasteiger partial charge in [0, 0.05) is 18.2 Å². The Balaban J connectivity index is 2.20. The fourth-order valence-corrected chi connectivity index (χ4v) is 2.90. The first-order valence-electron chi connectivity index (χ1n) is 8.16. The minimum atomic E-state index is -6.12. The number of rotatable bonds is 4. The van der Waals surface area contributed by atoms with E-state index in [0.717, 1.165) is 18.2 Å². The van der Waals surface area contributed by atoms with Crippen molar-refractivity contribution < 1.29 is 35.1 Å². The summed E-state index contributed by atoms with van der Waals surface area (Å²) in [6, 6.07) is 3.37. The number of nitrogens with one attached hydrogen (secondary N) is 2. The van der Waals surface area contributed by atoms with Crippen LogP contribution in [0.15, 0.2) is 35.3 Å². The lowest BCUT2D eigenvalue weighted by molar-refractivity contribution is -0.291. The molecule has 3 rings (SSSR count). The van der Waals surface area contributed by atoms with Crippen LogP contribution in [0.2, 0.25) is 5.02 Å². The first-order valence-corrected chi connectivity index (χ1v) is 8.53. The van der Waals surface area contributed by atoms with Crippen LogP contribution in [0.5, 0.6) is 0 Å². The van der Waals surface area contributed by atoms with Crippen molar-refractivity contribution in [3.05, 3.63) is 68.2 Å². The van der Waals surface area contributed by atoms with Crippen molar-refractivity contribution in [2.75, 3.05) is 0 Å². The molecule has 5 nitrogen and oxygen atoms in total. The van der Waals surface area contributed by atoms with Crippen LogP contribution in [0.25, 0.3) is 11.5 Å². The van der Waals surface area contributed by atoms with E-state index in [-0.39, 0.29) is 11.3 Å². The Morgan fingerprint density at radius 2 is 1.68 bits per heavy atom. The molecule has 0 aliphatic heterocycles. The molecule has 0 aliphatic carbocycles. The van der Waals surface area contributed by atoms with Crippen LogP contribution in [0.3, 0.4) is 0 Å². The summed E-state index contributed by atoms with van der Waals surface area (Å²) in [5.41, 5.74) is -6.43. The van der Waals surface area contributed by atoms with E-state index in [4.69, 9.17) is 11.6 Å². The highest BCUT2D eigenvalue weighted by Gasteiger charge is 2.61. The standard InChI is InChI=1S/C17H9ClF8N4O/c18-10-2-1-7(6-9(10)16(21,22)23)5-8-12(15(19,20)17(24,25)26)28-13(29-14(8)31)11-3-4-27-30-11/h1-4,6H,5H2,(H,27,30)(H,28,29,31). The summed E-state index contributed by atoms with van der Waals surface area (Å²) in [5.74, 6) is -6.25. The monoisotopic (exact) mass is 472 g/mol. The maximum Gasteiger partial charge on any atom is 0.459 e. The average molecular weight is 473 g/mol. The molecule has 166 valence electrons. The minimum Gasteiger partial charge on any atom is -0.305 e. The number of nitrogens with zero attached hydrogens (tertiary/aromatic N) is 2. The molecule has 3 aromatic rings. The van der Waals surface area contributed by atoms with Gasteiger partial charge in [0.25, 0.3) is 5.56 Å². The highest BCUT2D eigenvalue weighted by Crippen LogP contribution is 2.44. The molecule has 0 fully saturated rings. The molecule has 14 heteroatoms. The molecule has 0 aliphatic rings. The Morgan fingerprint density at radius 3 is 2.23 bits per heavy atom. The van der Waals surface area contributed by atoms with Gasteiger partial charge in [-0.25, -0.2) is 4.98 Å². The molecule has 2 aromatic heterocycles. The summed E-state index contributed by atoms with van der Waals surface area (Å²) in [4.78, 5) is 17.7. The summed E-state index contributed by atoms with van der Waals surface area (Å²) in [5, 5.41) is 5.12. The summed E-state index contributed by atoms with van der Waals surface area (Å²) in [6.07, 6.45) is -10.8. The van der Waals surface area contributed by atoms with E-state index in [1.165, 1.54) is 6.20 Å². The lowest BCUT2D eigenvalue weighted by Gasteiger charge is -2.21. The van der Waals surface area contributed by atoms with Gasteiger partial charge in [-0.1, -0.05) is 17.7 Å². The first kappa shape index (κ1) is 22.7. The molecule has 0 spiro atoms. The number of benzene rings is 1. The fraction of sp³-hybridized carbons (Fsp3) is 0.235. The van der Waals surface area contributed by atoms with Crippen LogP contribution in [0, 0.1) is 0 Å². The van der Waals surface area contributed by atoms with E-state index in [0.29, 0.717) is 6.07 Å². The molecular formula is C17H9ClF8N4O. The van der Waals surface area contributed by atoms with Crippen molar-refractivity contribution in [1.29, 1.82) is 0 Å². The Bertz CT molecular complexity index is 1150. The summed E-state index contributed by atoms with van der Waals surface area (Å²) in [6.45, 7) is 0. The number of alkyl halides is 8. The SMILES string of the molecule is O=c1[nH]c(-c2cc[nH]n2)nc(C(F)(F)C(F)(F)F)c1Cc1ccc(Cl)c(C(F)(F)F)c1. The first-order chi connectivity index (χ1) is 14.2. The molecule has 2 N–H and O–H groups in total. The predicted octanol–water partition coefficient (Wildman–Crippen LogP) is 5.08. The topological polar surface area (TPSA) is 74.4 Å². The zero-order chi connectivity index (χ0) is 23.2. The molecular weight excluding hydrogens is 464 g/mol. The molecule has 2 heterocycles. The predicted molar refractivity (Wildman–Crippen MR) is 91.6 cm³/mol. The van der Waals surface area contributed by atoms with Gasteiger partial charge >= 0.3 is 18.3 Å². The Hall–Kier alpha value is -2.96. The second kappa shape index (κ2) is 7.62. The van der Waals surface area contributed by atoms with E-state index in [9.17, 15) is 39.9 Å². The van der Waals surface area contributed by atoms with Gasteiger partial charge in [-0.2, -0.15) is 40.2 Å². The number of aromatic amines is 2. The average Bonchev–Trinajstić information content (AvgIpc) is 3.17. The molecule has 0 saturated heterocycles. The number of halogens is 9. The van der Waals surface area contributed by atoms with Crippen LogP contribution in [0.1, 0.15) is 22.4 Å². The van der Waals surface area contributed by atoms with Gasteiger partial charge in [0.1, 0.15) is 11.4 Å². The molecule has 1 aromatic carbocycles. The van der Waals surface area contributed by atoms with Gasteiger partial charge in [0.2, 0.25) is 0 Å².